The van der Waals surface area contributed by atoms with E-state index in [2.05, 4.69) is 0 Å². The molecule has 0 bridgehead atoms. The lowest BCUT2D eigenvalue weighted by atomic mass is 10.2. The Bertz CT molecular complexity index is 523. The van der Waals surface area contributed by atoms with Crippen LogP contribution in [0.15, 0.2) is 16.3 Å². The standard InChI is InChI=1S/C11H17NO5S2/c1-12(5-3-2-4-6-13)19(16,17)9-7-10(11(14)15)18-8-9/h7-8,13H,2-6H2,1H3,(H,14,15). The largest absolute Gasteiger partial charge is 0.477 e. The van der Waals surface area contributed by atoms with Crippen molar-refractivity contribution in [3.63, 3.8) is 0 Å². The SMILES string of the molecule is CN(CCCCCO)S(=O)(=O)c1csc(C(=O)O)c1. The van der Waals surface area contributed by atoms with Crippen LogP contribution in [0.25, 0.3) is 0 Å². The van der Waals surface area contributed by atoms with Gasteiger partial charge in [-0.1, -0.05) is 0 Å². The topological polar surface area (TPSA) is 94.9 Å². The van der Waals surface area contributed by atoms with E-state index in [1.54, 1.807) is 0 Å². The molecule has 0 radical (unpaired) electrons. The van der Waals surface area contributed by atoms with Crippen LogP contribution in [0.2, 0.25) is 0 Å². The Kier molecular flexibility index (Phi) is 5.92. The molecule has 0 saturated carbocycles. The number of unbranched alkanes of at least 4 members (excludes halogenated alkanes) is 2. The van der Waals surface area contributed by atoms with Crippen LogP contribution < -0.4 is 0 Å². The number of aromatic carboxylic acids is 1. The average molecular weight is 307 g/mol. The lowest BCUT2D eigenvalue weighted by molar-refractivity contribution is 0.0702. The van der Waals surface area contributed by atoms with E-state index in [0.717, 1.165) is 17.8 Å². The molecule has 0 aliphatic carbocycles. The highest BCUT2D eigenvalue weighted by Crippen LogP contribution is 2.22. The summed E-state index contributed by atoms with van der Waals surface area (Å²) in [6, 6.07) is 1.17. The summed E-state index contributed by atoms with van der Waals surface area (Å²) in [5.74, 6) is -1.13. The molecule has 0 saturated heterocycles. The summed E-state index contributed by atoms with van der Waals surface area (Å²) in [4.78, 5) is 10.8. The van der Waals surface area contributed by atoms with Gasteiger partial charge in [0.1, 0.15) is 4.88 Å². The number of carboxylic acid groups (broad SMARTS) is 1. The first-order valence-electron chi connectivity index (χ1n) is 5.78. The maximum Gasteiger partial charge on any atom is 0.345 e. The Balaban J connectivity index is 2.70. The number of carboxylic acids is 1. The summed E-state index contributed by atoms with van der Waals surface area (Å²) in [5.41, 5.74) is 0. The number of aliphatic hydroxyl groups is 1. The second-order valence-electron chi connectivity index (χ2n) is 4.06. The van der Waals surface area contributed by atoms with Crippen LogP contribution >= 0.6 is 11.3 Å². The Labute approximate surface area is 116 Å². The predicted octanol–water partition coefficient (Wildman–Crippen LogP) is 1.23. The van der Waals surface area contributed by atoms with Gasteiger partial charge in [0, 0.05) is 25.6 Å². The molecular formula is C11H17NO5S2. The van der Waals surface area contributed by atoms with E-state index in [1.807, 2.05) is 0 Å². The zero-order valence-corrected chi connectivity index (χ0v) is 12.2. The third-order valence-corrected chi connectivity index (χ3v) is 5.53. The van der Waals surface area contributed by atoms with Gasteiger partial charge in [0.15, 0.2) is 0 Å². The van der Waals surface area contributed by atoms with Gasteiger partial charge in [-0.25, -0.2) is 17.5 Å². The number of nitrogens with zero attached hydrogens (tertiary/aromatic N) is 1. The number of aliphatic hydroxyl groups excluding tert-OH is 1. The maximum absolute atomic E-state index is 12.1. The van der Waals surface area contributed by atoms with E-state index in [1.165, 1.54) is 22.8 Å². The first-order valence-corrected chi connectivity index (χ1v) is 8.10. The zero-order chi connectivity index (χ0) is 14.5. The van der Waals surface area contributed by atoms with Crippen LogP contribution in [0.4, 0.5) is 0 Å². The summed E-state index contributed by atoms with van der Waals surface area (Å²) in [7, 11) is -2.16. The van der Waals surface area contributed by atoms with Crippen molar-refractivity contribution in [2.75, 3.05) is 20.2 Å². The van der Waals surface area contributed by atoms with Crippen LogP contribution in [0.5, 0.6) is 0 Å². The van der Waals surface area contributed by atoms with Crippen molar-refractivity contribution in [2.24, 2.45) is 0 Å². The van der Waals surface area contributed by atoms with Crippen LogP contribution in [-0.2, 0) is 10.0 Å². The molecule has 0 fully saturated rings. The third kappa shape index (κ3) is 4.27. The minimum absolute atomic E-state index is 0.00672. The predicted molar refractivity (Wildman–Crippen MR) is 72.0 cm³/mol. The van der Waals surface area contributed by atoms with E-state index in [0.29, 0.717) is 19.4 Å². The van der Waals surface area contributed by atoms with Crippen LogP contribution in [-0.4, -0.2) is 49.1 Å². The van der Waals surface area contributed by atoms with Gasteiger partial charge in [0.05, 0.1) is 4.90 Å². The molecule has 2 N–H and O–H groups in total. The van der Waals surface area contributed by atoms with E-state index in [4.69, 9.17) is 10.2 Å². The van der Waals surface area contributed by atoms with Gasteiger partial charge in [-0.15, -0.1) is 11.3 Å². The van der Waals surface area contributed by atoms with E-state index >= 15 is 0 Å². The van der Waals surface area contributed by atoms with E-state index < -0.39 is 16.0 Å². The first-order chi connectivity index (χ1) is 8.89. The van der Waals surface area contributed by atoms with Crippen molar-refractivity contribution < 1.29 is 23.4 Å². The van der Waals surface area contributed by atoms with Gasteiger partial charge < -0.3 is 10.2 Å². The molecule has 1 aromatic heterocycles. The quantitative estimate of drug-likeness (QED) is 0.704. The van der Waals surface area contributed by atoms with Gasteiger partial charge in [-0.2, -0.15) is 0 Å². The normalized spacial score (nSPS) is 11.9. The minimum atomic E-state index is -3.62. The monoisotopic (exact) mass is 307 g/mol. The third-order valence-electron chi connectivity index (χ3n) is 2.63. The second-order valence-corrected chi connectivity index (χ2v) is 7.02. The molecule has 19 heavy (non-hydrogen) atoms. The summed E-state index contributed by atoms with van der Waals surface area (Å²) < 4.78 is 25.5. The Morgan fingerprint density at radius 3 is 2.58 bits per heavy atom. The van der Waals surface area contributed by atoms with Gasteiger partial charge >= 0.3 is 5.97 Å². The number of hydrogen-bond acceptors (Lipinski definition) is 5. The van der Waals surface area contributed by atoms with Crippen molar-refractivity contribution in [3.05, 3.63) is 16.3 Å². The number of thiophene rings is 1. The molecule has 0 aliphatic rings. The number of hydrogen-bond donors (Lipinski definition) is 2. The molecule has 1 aromatic rings. The van der Waals surface area contributed by atoms with Gasteiger partial charge in [-0.05, 0) is 25.3 Å². The van der Waals surface area contributed by atoms with Crippen molar-refractivity contribution in [3.8, 4) is 0 Å². The molecular weight excluding hydrogens is 290 g/mol. The molecule has 1 heterocycles. The van der Waals surface area contributed by atoms with Gasteiger partial charge in [0.2, 0.25) is 10.0 Å². The number of sulfonamides is 1. The lowest BCUT2D eigenvalue weighted by Crippen LogP contribution is -2.27. The fraction of sp³-hybridized carbons (Fsp3) is 0.545. The zero-order valence-electron chi connectivity index (χ0n) is 10.6. The maximum atomic E-state index is 12.1. The van der Waals surface area contributed by atoms with Crippen molar-refractivity contribution in [1.29, 1.82) is 0 Å². The molecule has 108 valence electrons. The van der Waals surface area contributed by atoms with Gasteiger partial charge in [-0.3, -0.25) is 0 Å². The fourth-order valence-electron chi connectivity index (χ4n) is 1.49. The van der Waals surface area contributed by atoms with Crippen LogP contribution in [0.1, 0.15) is 28.9 Å². The van der Waals surface area contributed by atoms with Crippen LogP contribution in [0.3, 0.4) is 0 Å². The van der Waals surface area contributed by atoms with Crippen molar-refractivity contribution in [1.82, 2.24) is 4.31 Å². The second kappa shape index (κ2) is 6.99. The molecule has 8 heteroatoms. The summed E-state index contributed by atoms with van der Waals surface area (Å²) in [6.45, 7) is 0.448. The molecule has 0 aromatic carbocycles. The number of carbonyl (C=O) groups is 1. The smallest absolute Gasteiger partial charge is 0.345 e. The highest BCUT2D eigenvalue weighted by Gasteiger charge is 2.23. The minimum Gasteiger partial charge on any atom is -0.477 e. The molecule has 0 unspecified atom stereocenters. The van der Waals surface area contributed by atoms with Gasteiger partial charge in [0.25, 0.3) is 0 Å². The highest BCUT2D eigenvalue weighted by atomic mass is 32.2. The summed E-state index contributed by atoms with van der Waals surface area (Å²) in [6.07, 6.45) is 2.06. The molecule has 0 aliphatic heterocycles. The van der Waals surface area contributed by atoms with Crippen LogP contribution in [0, 0.1) is 0 Å². The lowest BCUT2D eigenvalue weighted by Gasteiger charge is -2.15. The van der Waals surface area contributed by atoms with Crippen molar-refractivity contribution >= 4 is 27.3 Å². The van der Waals surface area contributed by atoms with Crippen molar-refractivity contribution in [2.45, 2.75) is 24.2 Å². The molecule has 0 atom stereocenters. The fourth-order valence-corrected chi connectivity index (χ4v) is 3.80. The molecule has 1 rings (SSSR count). The summed E-state index contributed by atoms with van der Waals surface area (Å²) >= 11 is 0.895. The first kappa shape index (κ1) is 16.1. The Hall–Kier alpha value is -0.960. The molecule has 0 spiro atoms. The molecule has 6 nitrogen and oxygen atoms in total. The average Bonchev–Trinajstić information content (AvgIpc) is 2.84. The molecule has 0 amide bonds. The van der Waals surface area contributed by atoms with E-state index in [9.17, 15) is 13.2 Å². The number of rotatable bonds is 8. The highest BCUT2D eigenvalue weighted by molar-refractivity contribution is 7.89. The van der Waals surface area contributed by atoms with E-state index in [-0.39, 0.29) is 16.4 Å². The Morgan fingerprint density at radius 1 is 1.37 bits per heavy atom. The summed E-state index contributed by atoms with van der Waals surface area (Å²) in [5, 5.41) is 18.8. The Morgan fingerprint density at radius 2 is 2.05 bits per heavy atom.